The largest absolute Gasteiger partial charge is 0.356 e. The van der Waals surface area contributed by atoms with Crippen LogP contribution in [-0.2, 0) is 4.79 Å². The number of amides is 1. The second-order valence-electron chi connectivity index (χ2n) is 6.87. The Balaban J connectivity index is 0.00000261. The molecule has 4 nitrogen and oxygen atoms in total. The Bertz CT molecular complexity index is 620. The summed E-state index contributed by atoms with van der Waals surface area (Å²) in [6, 6.07) is 20.6. The highest BCUT2D eigenvalue weighted by atomic mass is 35.5. The highest BCUT2D eigenvalue weighted by Gasteiger charge is 2.18. The van der Waals surface area contributed by atoms with E-state index in [1.807, 2.05) is 36.4 Å². The Labute approximate surface area is 168 Å². The number of piperazine rings is 1. The highest BCUT2D eigenvalue weighted by Crippen LogP contribution is 2.27. The zero-order valence-corrected chi connectivity index (χ0v) is 16.6. The summed E-state index contributed by atoms with van der Waals surface area (Å²) in [7, 11) is 0. The van der Waals surface area contributed by atoms with Crippen LogP contribution in [0.1, 0.15) is 29.9 Å². The van der Waals surface area contributed by atoms with Crippen LogP contribution in [0.15, 0.2) is 60.7 Å². The lowest BCUT2D eigenvalue weighted by Crippen LogP contribution is -2.44. The Morgan fingerprint density at radius 3 is 2.07 bits per heavy atom. The van der Waals surface area contributed by atoms with Gasteiger partial charge in [0.15, 0.2) is 0 Å². The highest BCUT2D eigenvalue weighted by molar-refractivity contribution is 5.85. The van der Waals surface area contributed by atoms with Crippen LogP contribution in [0.2, 0.25) is 0 Å². The first kappa shape index (κ1) is 21.4. The number of rotatable bonds is 8. The summed E-state index contributed by atoms with van der Waals surface area (Å²) in [6.07, 6.45) is 1.49. The first-order chi connectivity index (χ1) is 12.8. The van der Waals surface area contributed by atoms with Gasteiger partial charge in [-0.15, -0.1) is 12.4 Å². The number of nitrogens with zero attached hydrogens (tertiary/aromatic N) is 1. The third kappa shape index (κ3) is 6.98. The molecule has 1 aliphatic heterocycles. The number of benzene rings is 2. The van der Waals surface area contributed by atoms with Crippen LogP contribution in [-0.4, -0.2) is 50.1 Å². The number of halogens is 1. The standard InChI is InChI=1S/C22H29N3O.ClH/c26-22(24-12-7-15-25-16-13-23-14-17-25)18-21(19-8-3-1-4-9-19)20-10-5-2-6-11-20;/h1-6,8-11,21,23H,7,12-18H2,(H,24,26);1H. The zero-order chi connectivity index (χ0) is 18.0. The summed E-state index contributed by atoms with van der Waals surface area (Å²) in [4.78, 5) is 15.0. The third-order valence-electron chi connectivity index (χ3n) is 4.98. The molecule has 0 unspecified atom stereocenters. The van der Waals surface area contributed by atoms with Gasteiger partial charge in [0, 0.05) is 45.1 Å². The number of hydrogen-bond donors (Lipinski definition) is 2. The summed E-state index contributed by atoms with van der Waals surface area (Å²) in [5, 5.41) is 6.48. The van der Waals surface area contributed by atoms with E-state index in [1.54, 1.807) is 0 Å². The van der Waals surface area contributed by atoms with Crippen molar-refractivity contribution in [2.24, 2.45) is 0 Å². The van der Waals surface area contributed by atoms with E-state index in [0.717, 1.165) is 45.7 Å². The molecule has 0 saturated carbocycles. The van der Waals surface area contributed by atoms with Crippen molar-refractivity contribution < 1.29 is 4.79 Å². The smallest absolute Gasteiger partial charge is 0.220 e. The van der Waals surface area contributed by atoms with Gasteiger partial charge in [-0.05, 0) is 24.1 Å². The van der Waals surface area contributed by atoms with Gasteiger partial charge in [-0.2, -0.15) is 0 Å². The lowest BCUT2D eigenvalue weighted by molar-refractivity contribution is -0.121. The maximum atomic E-state index is 12.5. The SMILES string of the molecule is Cl.O=C(CC(c1ccccc1)c1ccccc1)NCCCN1CCNCC1. The normalized spacial score (nSPS) is 14.6. The van der Waals surface area contributed by atoms with Crippen LogP contribution in [0.4, 0.5) is 0 Å². The molecule has 146 valence electrons. The van der Waals surface area contributed by atoms with Crippen molar-refractivity contribution in [3.8, 4) is 0 Å². The number of hydrogen-bond acceptors (Lipinski definition) is 3. The van der Waals surface area contributed by atoms with Crippen molar-refractivity contribution >= 4 is 18.3 Å². The van der Waals surface area contributed by atoms with Crippen LogP contribution < -0.4 is 10.6 Å². The Morgan fingerprint density at radius 1 is 0.963 bits per heavy atom. The predicted octanol–water partition coefficient (Wildman–Crippen LogP) is 3.04. The van der Waals surface area contributed by atoms with Crippen LogP contribution in [0.5, 0.6) is 0 Å². The van der Waals surface area contributed by atoms with E-state index in [1.165, 1.54) is 11.1 Å². The summed E-state index contributed by atoms with van der Waals surface area (Å²) in [5.74, 6) is 0.230. The lowest BCUT2D eigenvalue weighted by atomic mass is 9.88. The van der Waals surface area contributed by atoms with Crippen molar-refractivity contribution in [2.75, 3.05) is 39.3 Å². The van der Waals surface area contributed by atoms with Gasteiger partial charge < -0.3 is 15.5 Å². The van der Waals surface area contributed by atoms with Gasteiger partial charge in [0.2, 0.25) is 5.91 Å². The van der Waals surface area contributed by atoms with Crippen LogP contribution in [0.3, 0.4) is 0 Å². The monoisotopic (exact) mass is 387 g/mol. The third-order valence-corrected chi connectivity index (χ3v) is 4.98. The van der Waals surface area contributed by atoms with Crippen molar-refractivity contribution in [3.63, 3.8) is 0 Å². The molecule has 0 radical (unpaired) electrons. The molecule has 0 atom stereocenters. The van der Waals surface area contributed by atoms with E-state index in [-0.39, 0.29) is 24.2 Å². The number of carbonyl (C=O) groups excluding carboxylic acids is 1. The predicted molar refractivity (Wildman–Crippen MR) is 114 cm³/mol. The minimum Gasteiger partial charge on any atom is -0.356 e. The molecule has 0 bridgehead atoms. The van der Waals surface area contributed by atoms with E-state index >= 15 is 0 Å². The van der Waals surface area contributed by atoms with E-state index < -0.39 is 0 Å². The van der Waals surface area contributed by atoms with E-state index in [4.69, 9.17) is 0 Å². The molecule has 1 saturated heterocycles. The van der Waals surface area contributed by atoms with Crippen molar-refractivity contribution in [2.45, 2.75) is 18.8 Å². The van der Waals surface area contributed by atoms with E-state index in [9.17, 15) is 4.79 Å². The molecule has 3 rings (SSSR count). The molecule has 1 fully saturated rings. The summed E-state index contributed by atoms with van der Waals surface area (Å²) in [5.41, 5.74) is 2.38. The lowest BCUT2D eigenvalue weighted by Gasteiger charge is -2.27. The van der Waals surface area contributed by atoms with Gasteiger partial charge in [0.1, 0.15) is 0 Å². The molecule has 0 spiro atoms. The Morgan fingerprint density at radius 2 is 1.52 bits per heavy atom. The van der Waals surface area contributed by atoms with Crippen LogP contribution in [0.25, 0.3) is 0 Å². The van der Waals surface area contributed by atoms with Crippen LogP contribution >= 0.6 is 12.4 Å². The molecule has 1 aliphatic rings. The van der Waals surface area contributed by atoms with Crippen LogP contribution in [0, 0.1) is 0 Å². The average molecular weight is 388 g/mol. The summed E-state index contributed by atoms with van der Waals surface area (Å²) in [6.45, 7) is 6.17. The number of nitrogens with one attached hydrogen (secondary N) is 2. The van der Waals surface area contributed by atoms with Gasteiger partial charge in [-0.25, -0.2) is 0 Å². The van der Waals surface area contributed by atoms with Gasteiger partial charge in [0.05, 0.1) is 0 Å². The van der Waals surface area contributed by atoms with Crippen molar-refractivity contribution in [1.29, 1.82) is 0 Å². The molecule has 5 heteroatoms. The fraction of sp³-hybridized carbons (Fsp3) is 0.409. The van der Waals surface area contributed by atoms with E-state index in [0.29, 0.717) is 6.42 Å². The molecule has 2 aromatic rings. The maximum absolute atomic E-state index is 12.5. The first-order valence-corrected chi connectivity index (χ1v) is 9.62. The second kappa shape index (κ2) is 11.8. The molecule has 2 N–H and O–H groups in total. The summed E-state index contributed by atoms with van der Waals surface area (Å²) < 4.78 is 0. The minimum atomic E-state index is 0. The average Bonchev–Trinajstić information content (AvgIpc) is 2.71. The van der Waals surface area contributed by atoms with E-state index in [2.05, 4.69) is 39.8 Å². The topological polar surface area (TPSA) is 44.4 Å². The maximum Gasteiger partial charge on any atom is 0.220 e. The molecule has 1 heterocycles. The molecule has 0 aromatic heterocycles. The molecule has 1 amide bonds. The van der Waals surface area contributed by atoms with Gasteiger partial charge >= 0.3 is 0 Å². The Kier molecular flexibility index (Phi) is 9.32. The Hall–Kier alpha value is -1.88. The van der Waals surface area contributed by atoms with Crippen molar-refractivity contribution in [3.05, 3.63) is 71.8 Å². The van der Waals surface area contributed by atoms with Gasteiger partial charge in [0.25, 0.3) is 0 Å². The quantitative estimate of drug-likeness (QED) is 0.684. The van der Waals surface area contributed by atoms with Gasteiger partial charge in [-0.1, -0.05) is 60.7 Å². The molecule has 2 aromatic carbocycles. The molecular weight excluding hydrogens is 358 g/mol. The summed E-state index contributed by atoms with van der Waals surface area (Å²) >= 11 is 0. The van der Waals surface area contributed by atoms with Gasteiger partial charge in [-0.3, -0.25) is 4.79 Å². The fourth-order valence-corrected chi connectivity index (χ4v) is 3.52. The first-order valence-electron chi connectivity index (χ1n) is 9.62. The minimum absolute atomic E-state index is 0. The van der Waals surface area contributed by atoms with Crippen molar-refractivity contribution in [1.82, 2.24) is 15.5 Å². The molecule has 27 heavy (non-hydrogen) atoms. The number of carbonyl (C=O) groups is 1. The molecular formula is C22H30ClN3O. The fourth-order valence-electron chi connectivity index (χ4n) is 3.52. The molecule has 0 aliphatic carbocycles. The second-order valence-corrected chi connectivity index (χ2v) is 6.87. The zero-order valence-electron chi connectivity index (χ0n) is 15.8.